The summed E-state index contributed by atoms with van der Waals surface area (Å²) >= 11 is 0. The van der Waals surface area contributed by atoms with Crippen molar-refractivity contribution in [3.05, 3.63) is 47.6 Å². The molecule has 0 fully saturated rings. The van der Waals surface area contributed by atoms with E-state index < -0.39 is 0 Å². The van der Waals surface area contributed by atoms with Crippen molar-refractivity contribution >= 4 is 0 Å². The van der Waals surface area contributed by atoms with Gasteiger partial charge >= 0.3 is 0 Å². The molecule has 108 valence electrons. The standard InChI is InChI=1S/C16H23N3O/c1-4-17-14(13-8-6-5-7-9-13)11-16-18-15(19-20-16)10-12(2)3/h5-9,12,14,17H,4,10-11H2,1-3H3. The molecule has 0 amide bonds. The third-order valence-corrected chi connectivity index (χ3v) is 3.13. The molecule has 20 heavy (non-hydrogen) atoms. The zero-order valence-electron chi connectivity index (χ0n) is 12.5. The van der Waals surface area contributed by atoms with Gasteiger partial charge in [-0.15, -0.1) is 0 Å². The van der Waals surface area contributed by atoms with Crippen molar-refractivity contribution in [2.45, 2.75) is 39.7 Å². The highest BCUT2D eigenvalue weighted by Crippen LogP contribution is 2.17. The lowest BCUT2D eigenvalue weighted by Gasteiger charge is -2.16. The largest absolute Gasteiger partial charge is 0.339 e. The molecule has 1 aromatic carbocycles. The summed E-state index contributed by atoms with van der Waals surface area (Å²) in [4.78, 5) is 4.48. The van der Waals surface area contributed by atoms with Gasteiger partial charge in [-0.3, -0.25) is 0 Å². The number of rotatable bonds is 7. The van der Waals surface area contributed by atoms with Gasteiger partial charge in [0.15, 0.2) is 5.82 Å². The van der Waals surface area contributed by atoms with Crippen molar-refractivity contribution in [3.8, 4) is 0 Å². The topological polar surface area (TPSA) is 51.0 Å². The Morgan fingerprint density at radius 3 is 2.55 bits per heavy atom. The number of likely N-dealkylation sites (N-methyl/N-ethyl adjacent to an activating group) is 1. The predicted octanol–water partition coefficient (Wildman–Crippen LogP) is 3.16. The molecule has 1 unspecified atom stereocenters. The van der Waals surface area contributed by atoms with Crippen LogP contribution in [0.15, 0.2) is 34.9 Å². The van der Waals surface area contributed by atoms with Crippen LogP contribution in [0.4, 0.5) is 0 Å². The van der Waals surface area contributed by atoms with Crippen molar-refractivity contribution in [3.63, 3.8) is 0 Å². The van der Waals surface area contributed by atoms with Crippen molar-refractivity contribution in [2.75, 3.05) is 6.54 Å². The quantitative estimate of drug-likeness (QED) is 0.842. The van der Waals surface area contributed by atoms with E-state index in [1.807, 2.05) is 6.07 Å². The van der Waals surface area contributed by atoms with E-state index in [2.05, 4.69) is 60.5 Å². The Morgan fingerprint density at radius 2 is 1.90 bits per heavy atom. The summed E-state index contributed by atoms with van der Waals surface area (Å²) < 4.78 is 5.36. The fourth-order valence-corrected chi connectivity index (χ4v) is 2.24. The van der Waals surface area contributed by atoms with Gasteiger partial charge in [-0.1, -0.05) is 56.3 Å². The number of nitrogens with one attached hydrogen (secondary N) is 1. The number of benzene rings is 1. The van der Waals surface area contributed by atoms with E-state index in [9.17, 15) is 0 Å². The average molecular weight is 273 g/mol. The highest BCUT2D eigenvalue weighted by Gasteiger charge is 2.16. The lowest BCUT2D eigenvalue weighted by Crippen LogP contribution is -2.23. The molecule has 0 bridgehead atoms. The van der Waals surface area contributed by atoms with E-state index in [0.717, 1.165) is 25.2 Å². The van der Waals surface area contributed by atoms with E-state index in [1.54, 1.807) is 0 Å². The van der Waals surface area contributed by atoms with Crippen molar-refractivity contribution in [1.82, 2.24) is 15.5 Å². The molecule has 4 nitrogen and oxygen atoms in total. The SMILES string of the molecule is CCNC(Cc1nc(CC(C)C)no1)c1ccccc1. The molecule has 0 saturated heterocycles. The minimum atomic E-state index is 0.216. The van der Waals surface area contributed by atoms with Crippen LogP contribution in [0, 0.1) is 5.92 Å². The molecule has 1 atom stereocenters. The molecular weight excluding hydrogens is 250 g/mol. The van der Waals surface area contributed by atoms with Crippen molar-refractivity contribution in [1.29, 1.82) is 0 Å². The Morgan fingerprint density at radius 1 is 1.15 bits per heavy atom. The van der Waals surface area contributed by atoms with Gasteiger partial charge < -0.3 is 9.84 Å². The predicted molar refractivity (Wildman–Crippen MR) is 79.4 cm³/mol. The van der Waals surface area contributed by atoms with E-state index in [-0.39, 0.29) is 6.04 Å². The number of hydrogen-bond acceptors (Lipinski definition) is 4. The molecule has 4 heteroatoms. The summed E-state index contributed by atoms with van der Waals surface area (Å²) in [7, 11) is 0. The first-order chi connectivity index (χ1) is 9.69. The first-order valence-corrected chi connectivity index (χ1v) is 7.28. The second-order valence-corrected chi connectivity index (χ2v) is 5.43. The molecule has 0 aliphatic heterocycles. The van der Waals surface area contributed by atoms with Crippen LogP contribution >= 0.6 is 0 Å². The van der Waals surface area contributed by atoms with Gasteiger partial charge in [-0.25, -0.2) is 0 Å². The maximum absolute atomic E-state index is 5.36. The first kappa shape index (κ1) is 14.7. The third-order valence-electron chi connectivity index (χ3n) is 3.13. The van der Waals surface area contributed by atoms with Gasteiger partial charge in [0, 0.05) is 18.9 Å². The molecule has 0 aliphatic rings. The third kappa shape index (κ3) is 4.17. The van der Waals surface area contributed by atoms with Crippen LogP contribution in [0.3, 0.4) is 0 Å². The molecule has 0 saturated carbocycles. The van der Waals surface area contributed by atoms with E-state index in [0.29, 0.717) is 11.8 Å². The Labute approximate surface area is 120 Å². The fraction of sp³-hybridized carbons (Fsp3) is 0.500. The Balaban J connectivity index is 2.06. The van der Waals surface area contributed by atoms with Gasteiger partial charge in [0.25, 0.3) is 0 Å². The molecular formula is C16H23N3O. The lowest BCUT2D eigenvalue weighted by molar-refractivity contribution is 0.354. The van der Waals surface area contributed by atoms with Crippen LogP contribution in [0.25, 0.3) is 0 Å². The first-order valence-electron chi connectivity index (χ1n) is 7.28. The maximum atomic E-state index is 5.36. The van der Waals surface area contributed by atoms with Gasteiger partial charge in [0.1, 0.15) is 0 Å². The minimum Gasteiger partial charge on any atom is -0.339 e. The van der Waals surface area contributed by atoms with Crippen LogP contribution in [-0.2, 0) is 12.8 Å². The van der Waals surface area contributed by atoms with Crippen LogP contribution in [0.1, 0.15) is 44.1 Å². The average Bonchev–Trinajstić information content (AvgIpc) is 2.86. The molecule has 1 heterocycles. The van der Waals surface area contributed by atoms with E-state index in [4.69, 9.17) is 4.52 Å². The monoisotopic (exact) mass is 273 g/mol. The summed E-state index contributed by atoms with van der Waals surface area (Å²) in [5.41, 5.74) is 1.25. The maximum Gasteiger partial charge on any atom is 0.228 e. The van der Waals surface area contributed by atoms with Crippen molar-refractivity contribution < 1.29 is 4.52 Å². The van der Waals surface area contributed by atoms with E-state index >= 15 is 0 Å². The summed E-state index contributed by atoms with van der Waals surface area (Å²) in [5.74, 6) is 2.05. The van der Waals surface area contributed by atoms with Gasteiger partial charge in [0.05, 0.1) is 0 Å². The summed E-state index contributed by atoms with van der Waals surface area (Å²) in [5, 5.41) is 7.52. The minimum absolute atomic E-state index is 0.216. The number of aromatic nitrogens is 2. The number of nitrogens with zero attached hydrogens (tertiary/aromatic N) is 2. The zero-order chi connectivity index (χ0) is 14.4. The highest BCUT2D eigenvalue weighted by atomic mass is 16.5. The van der Waals surface area contributed by atoms with E-state index in [1.165, 1.54) is 5.56 Å². The Kier molecular flexibility index (Phi) is 5.30. The lowest BCUT2D eigenvalue weighted by atomic mass is 10.0. The smallest absolute Gasteiger partial charge is 0.228 e. The summed E-state index contributed by atoms with van der Waals surface area (Å²) in [6.07, 6.45) is 1.59. The molecule has 1 aromatic heterocycles. The summed E-state index contributed by atoms with van der Waals surface area (Å²) in [6.45, 7) is 7.32. The number of hydrogen-bond donors (Lipinski definition) is 1. The van der Waals surface area contributed by atoms with Crippen molar-refractivity contribution in [2.24, 2.45) is 5.92 Å². The highest BCUT2D eigenvalue weighted by molar-refractivity contribution is 5.19. The normalized spacial score (nSPS) is 12.8. The second-order valence-electron chi connectivity index (χ2n) is 5.43. The molecule has 2 rings (SSSR count). The van der Waals surface area contributed by atoms with Gasteiger partial charge in [0.2, 0.25) is 5.89 Å². The van der Waals surface area contributed by atoms with Crippen LogP contribution < -0.4 is 5.32 Å². The molecule has 1 N–H and O–H groups in total. The zero-order valence-corrected chi connectivity index (χ0v) is 12.5. The van der Waals surface area contributed by atoms with Gasteiger partial charge in [-0.05, 0) is 18.0 Å². The fourth-order valence-electron chi connectivity index (χ4n) is 2.24. The Hall–Kier alpha value is -1.68. The van der Waals surface area contributed by atoms with Crippen LogP contribution in [0.2, 0.25) is 0 Å². The Bertz CT molecular complexity index is 507. The summed E-state index contributed by atoms with van der Waals surface area (Å²) in [6, 6.07) is 10.6. The molecule has 2 aromatic rings. The van der Waals surface area contributed by atoms with Crippen LogP contribution in [0.5, 0.6) is 0 Å². The second kappa shape index (κ2) is 7.20. The van der Waals surface area contributed by atoms with Gasteiger partial charge in [-0.2, -0.15) is 4.98 Å². The van der Waals surface area contributed by atoms with Crippen LogP contribution in [-0.4, -0.2) is 16.7 Å². The molecule has 0 aliphatic carbocycles. The molecule has 0 spiro atoms. The molecule has 0 radical (unpaired) electrons.